The van der Waals surface area contributed by atoms with E-state index in [-0.39, 0.29) is 16.5 Å². The summed E-state index contributed by atoms with van der Waals surface area (Å²) in [6.07, 6.45) is 0.862. The van der Waals surface area contributed by atoms with Crippen LogP contribution < -0.4 is 5.32 Å². The van der Waals surface area contributed by atoms with Crippen LogP contribution in [0.1, 0.15) is 42.2 Å². The third kappa shape index (κ3) is 5.38. The number of anilines is 1. The van der Waals surface area contributed by atoms with Crippen molar-refractivity contribution in [3.8, 4) is 11.4 Å². The molecule has 2 aromatic heterocycles. The maximum absolute atomic E-state index is 13.0. The number of benzene rings is 1. The second kappa shape index (κ2) is 10.1. The number of nitrogens with zero attached hydrogens (tertiary/aromatic N) is 3. The molecule has 0 fully saturated rings. The lowest BCUT2D eigenvalue weighted by Crippen LogP contribution is -2.16. The summed E-state index contributed by atoms with van der Waals surface area (Å²) < 4.78 is 40.9. The molecule has 176 valence electrons. The predicted molar refractivity (Wildman–Crippen MR) is 126 cm³/mol. The number of amides is 1. The van der Waals surface area contributed by atoms with Crippen LogP contribution in [0, 0.1) is 0 Å². The normalized spacial score (nSPS) is 13.7. The minimum Gasteiger partial charge on any atom is -0.324 e. The first-order valence-corrected chi connectivity index (χ1v) is 12.8. The summed E-state index contributed by atoms with van der Waals surface area (Å²) in [5.74, 6) is 0.303. The van der Waals surface area contributed by atoms with Crippen molar-refractivity contribution >= 4 is 46.3 Å². The fraction of sp³-hybridized carbons (Fsp3) is 0.409. The summed E-state index contributed by atoms with van der Waals surface area (Å²) in [6.45, 7) is 2.76. The predicted octanol–water partition coefficient (Wildman–Crippen LogP) is 6.70. The van der Waals surface area contributed by atoms with Gasteiger partial charge in [0.25, 0.3) is 0 Å². The third-order valence-corrected chi connectivity index (χ3v) is 7.75. The van der Waals surface area contributed by atoms with E-state index in [2.05, 4.69) is 27.8 Å². The van der Waals surface area contributed by atoms with Crippen molar-refractivity contribution in [2.45, 2.75) is 56.9 Å². The largest absolute Gasteiger partial charge is 0.416 e. The Morgan fingerprint density at radius 3 is 2.82 bits per heavy atom. The Bertz CT molecular complexity index is 1160. The van der Waals surface area contributed by atoms with Crippen molar-refractivity contribution in [3.05, 3.63) is 44.6 Å². The van der Waals surface area contributed by atoms with Crippen LogP contribution in [0.2, 0.25) is 5.02 Å². The first-order valence-electron chi connectivity index (χ1n) is 10.6. The number of thioether (sulfide) groups is 1. The van der Waals surface area contributed by atoms with Crippen LogP contribution in [-0.2, 0) is 30.4 Å². The number of nitrogens with one attached hydrogen (secondary N) is 1. The van der Waals surface area contributed by atoms with Gasteiger partial charge in [0.2, 0.25) is 5.91 Å². The second-order valence-corrected chi connectivity index (χ2v) is 10.1. The Morgan fingerprint density at radius 2 is 2.06 bits per heavy atom. The molecule has 4 rings (SSSR count). The molecule has 0 saturated heterocycles. The van der Waals surface area contributed by atoms with Gasteiger partial charge in [-0.2, -0.15) is 13.2 Å². The van der Waals surface area contributed by atoms with Gasteiger partial charge < -0.3 is 9.88 Å². The number of aromatic nitrogens is 3. The smallest absolute Gasteiger partial charge is 0.324 e. The van der Waals surface area contributed by atoms with E-state index in [1.54, 1.807) is 11.3 Å². The second-order valence-electron chi connectivity index (χ2n) is 7.75. The lowest BCUT2D eigenvalue weighted by atomic mass is 9.95. The number of rotatable bonds is 7. The molecule has 0 saturated carbocycles. The first-order chi connectivity index (χ1) is 15.8. The highest BCUT2D eigenvalue weighted by Crippen LogP contribution is 2.37. The zero-order chi connectivity index (χ0) is 23.6. The van der Waals surface area contributed by atoms with Crippen molar-refractivity contribution in [2.24, 2.45) is 0 Å². The van der Waals surface area contributed by atoms with E-state index in [1.807, 2.05) is 4.57 Å². The summed E-state index contributed by atoms with van der Waals surface area (Å²) in [7, 11) is 0. The number of thiophene rings is 1. The summed E-state index contributed by atoms with van der Waals surface area (Å²) >= 11 is 8.94. The minimum absolute atomic E-state index is 0.0316. The van der Waals surface area contributed by atoms with Gasteiger partial charge in [-0.1, -0.05) is 30.3 Å². The molecule has 5 nitrogen and oxygen atoms in total. The summed E-state index contributed by atoms with van der Waals surface area (Å²) in [5.41, 5.74) is 1.52. The average molecular weight is 515 g/mol. The van der Waals surface area contributed by atoms with E-state index in [0.29, 0.717) is 11.7 Å². The molecule has 2 heterocycles. The number of hydrogen-bond acceptors (Lipinski definition) is 5. The quantitative estimate of drug-likeness (QED) is 0.356. The lowest BCUT2D eigenvalue weighted by molar-refractivity contribution is -0.137. The van der Waals surface area contributed by atoms with E-state index in [1.165, 1.54) is 35.0 Å². The SMILES string of the molecule is CCCn1c(SCC(=O)Nc2cc(C(F)(F)F)ccc2Cl)nnc1-c1csc2c1CCCC2. The number of halogens is 4. The minimum atomic E-state index is -4.52. The van der Waals surface area contributed by atoms with Crippen molar-refractivity contribution < 1.29 is 18.0 Å². The van der Waals surface area contributed by atoms with E-state index in [4.69, 9.17) is 11.6 Å². The maximum atomic E-state index is 13.0. The molecule has 1 aliphatic rings. The average Bonchev–Trinajstić information content (AvgIpc) is 3.37. The van der Waals surface area contributed by atoms with Crippen LogP contribution in [0.15, 0.2) is 28.7 Å². The van der Waals surface area contributed by atoms with Gasteiger partial charge in [0.15, 0.2) is 11.0 Å². The third-order valence-electron chi connectivity index (χ3n) is 5.37. The molecule has 0 bridgehead atoms. The van der Waals surface area contributed by atoms with Gasteiger partial charge >= 0.3 is 6.18 Å². The zero-order valence-corrected chi connectivity index (χ0v) is 20.2. The van der Waals surface area contributed by atoms with E-state index < -0.39 is 17.6 Å². The molecule has 1 N–H and O–H groups in total. The molecule has 11 heteroatoms. The topological polar surface area (TPSA) is 59.8 Å². The van der Waals surface area contributed by atoms with Gasteiger partial charge in [-0.05, 0) is 55.9 Å². The number of carbonyl (C=O) groups is 1. The molecular formula is C22H22ClF3N4OS2. The van der Waals surface area contributed by atoms with Crippen molar-refractivity contribution in [1.82, 2.24) is 14.8 Å². The first kappa shape index (κ1) is 24.1. The fourth-order valence-corrected chi connectivity index (χ4v) is 5.87. The number of alkyl halides is 3. The fourth-order valence-electron chi connectivity index (χ4n) is 3.82. The molecule has 1 aromatic carbocycles. The highest BCUT2D eigenvalue weighted by atomic mass is 35.5. The molecule has 0 aliphatic heterocycles. The molecule has 0 unspecified atom stereocenters. The number of carbonyl (C=O) groups excluding carboxylic acids is 1. The molecule has 3 aromatic rings. The maximum Gasteiger partial charge on any atom is 0.416 e. The number of aryl methyl sites for hydroxylation is 1. The Hall–Kier alpha value is -2.04. The highest BCUT2D eigenvalue weighted by molar-refractivity contribution is 7.99. The molecular weight excluding hydrogens is 493 g/mol. The molecule has 0 atom stereocenters. The van der Waals surface area contributed by atoms with Gasteiger partial charge in [-0.25, -0.2) is 0 Å². The molecule has 33 heavy (non-hydrogen) atoms. The molecule has 1 aliphatic carbocycles. The summed E-state index contributed by atoms with van der Waals surface area (Å²) in [6, 6.07) is 2.84. The van der Waals surface area contributed by atoms with Crippen LogP contribution in [0.4, 0.5) is 18.9 Å². The van der Waals surface area contributed by atoms with Gasteiger partial charge in [-0.3, -0.25) is 4.79 Å². The zero-order valence-electron chi connectivity index (χ0n) is 17.8. The van der Waals surface area contributed by atoms with E-state index in [0.717, 1.165) is 48.8 Å². The number of fused-ring (bicyclic) bond motifs is 1. The monoisotopic (exact) mass is 514 g/mol. The molecule has 0 spiro atoms. The van der Waals surface area contributed by atoms with Crippen LogP contribution >= 0.6 is 34.7 Å². The Labute approximate surface area is 202 Å². The van der Waals surface area contributed by atoms with E-state index in [9.17, 15) is 18.0 Å². The Kier molecular flexibility index (Phi) is 7.35. The van der Waals surface area contributed by atoms with Gasteiger partial charge in [0, 0.05) is 22.4 Å². The summed E-state index contributed by atoms with van der Waals surface area (Å²) in [5, 5.41) is 14.0. The standard InChI is InChI=1S/C22H22ClF3N4OS2/c1-2-9-30-20(15-11-32-18-6-4-3-5-14(15)18)28-29-21(30)33-12-19(31)27-17-10-13(22(24,25)26)7-8-16(17)23/h7-8,10-11H,2-6,9,12H2,1H3,(H,27,31). The van der Waals surface area contributed by atoms with Crippen LogP contribution in [0.25, 0.3) is 11.4 Å². The van der Waals surface area contributed by atoms with Crippen molar-refractivity contribution in [2.75, 3.05) is 11.1 Å². The van der Waals surface area contributed by atoms with Crippen LogP contribution in [0.3, 0.4) is 0 Å². The molecule has 1 amide bonds. The Morgan fingerprint density at radius 1 is 1.27 bits per heavy atom. The van der Waals surface area contributed by atoms with Gasteiger partial charge in [-0.15, -0.1) is 21.5 Å². The highest BCUT2D eigenvalue weighted by Gasteiger charge is 2.31. The van der Waals surface area contributed by atoms with Crippen molar-refractivity contribution in [1.29, 1.82) is 0 Å². The Balaban J connectivity index is 1.49. The van der Waals surface area contributed by atoms with Gasteiger partial charge in [0.05, 0.1) is 22.0 Å². The van der Waals surface area contributed by atoms with E-state index >= 15 is 0 Å². The molecule has 0 radical (unpaired) electrons. The summed E-state index contributed by atoms with van der Waals surface area (Å²) in [4.78, 5) is 13.9. The van der Waals surface area contributed by atoms with Gasteiger partial charge in [0.1, 0.15) is 0 Å². The van der Waals surface area contributed by atoms with Crippen LogP contribution in [0.5, 0.6) is 0 Å². The van der Waals surface area contributed by atoms with Crippen molar-refractivity contribution in [3.63, 3.8) is 0 Å². The number of hydrogen-bond donors (Lipinski definition) is 1. The van der Waals surface area contributed by atoms with Crippen LogP contribution in [-0.4, -0.2) is 26.4 Å². The lowest BCUT2D eigenvalue weighted by Gasteiger charge is -2.14.